The van der Waals surface area contributed by atoms with E-state index in [-0.39, 0.29) is 0 Å². The number of hydrogen-bond acceptors (Lipinski definition) is 1. The van der Waals surface area contributed by atoms with Gasteiger partial charge in [-0.3, -0.25) is 4.79 Å². The Bertz CT molecular complexity index is 309. The molecule has 1 aromatic rings. The van der Waals surface area contributed by atoms with E-state index in [2.05, 4.69) is 24.3 Å². The third kappa shape index (κ3) is 1.95. The lowest BCUT2D eigenvalue weighted by molar-refractivity contribution is 0.417. The molecular formula is C12H14NO. The number of hydrogen-bond donors (Lipinski definition) is 0. The van der Waals surface area contributed by atoms with Crippen LogP contribution in [0.1, 0.15) is 17.9 Å². The van der Waals surface area contributed by atoms with Gasteiger partial charge in [0.1, 0.15) is 0 Å². The monoisotopic (exact) mass is 188 g/mol. The van der Waals surface area contributed by atoms with E-state index in [4.69, 9.17) is 0 Å². The van der Waals surface area contributed by atoms with E-state index in [0.717, 1.165) is 6.54 Å². The highest BCUT2D eigenvalue weighted by Gasteiger charge is 2.38. The molecule has 0 aromatic heterocycles. The summed E-state index contributed by atoms with van der Waals surface area (Å²) in [4.78, 5) is 11.9. The molecule has 2 atom stereocenters. The number of nitrogens with zero attached hydrogens (tertiary/aromatic N) is 1. The molecule has 2 heteroatoms. The van der Waals surface area contributed by atoms with E-state index in [1.54, 1.807) is 11.9 Å². The van der Waals surface area contributed by atoms with Gasteiger partial charge in [0.2, 0.25) is 0 Å². The van der Waals surface area contributed by atoms with Gasteiger partial charge in [-0.15, -0.1) is 0 Å². The van der Waals surface area contributed by atoms with Crippen LogP contribution in [0.5, 0.6) is 0 Å². The first kappa shape index (κ1) is 9.25. The molecule has 73 valence electrons. The van der Waals surface area contributed by atoms with Gasteiger partial charge < -0.3 is 4.90 Å². The fourth-order valence-corrected chi connectivity index (χ4v) is 1.95. The van der Waals surface area contributed by atoms with E-state index in [0.29, 0.717) is 11.8 Å². The Labute approximate surface area is 84.5 Å². The van der Waals surface area contributed by atoms with Gasteiger partial charge in [0.15, 0.2) is 0 Å². The summed E-state index contributed by atoms with van der Waals surface area (Å²) in [6, 6.07) is 10.5. The van der Waals surface area contributed by atoms with Crippen LogP contribution >= 0.6 is 0 Å². The smallest absolute Gasteiger partial charge is 0.311 e. The molecule has 0 saturated heterocycles. The molecule has 1 aliphatic rings. The molecule has 0 bridgehead atoms. The summed E-state index contributed by atoms with van der Waals surface area (Å²) in [6.45, 7) is 0.836. The van der Waals surface area contributed by atoms with E-state index in [1.807, 2.05) is 12.5 Å². The van der Waals surface area contributed by atoms with Crippen molar-refractivity contribution in [1.82, 2.24) is 4.90 Å². The molecule has 0 N–H and O–H groups in total. The zero-order valence-corrected chi connectivity index (χ0v) is 8.31. The van der Waals surface area contributed by atoms with Gasteiger partial charge in [0.05, 0.1) is 0 Å². The van der Waals surface area contributed by atoms with Crippen LogP contribution in [0.2, 0.25) is 0 Å². The van der Waals surface area contributed by atoms with Crippen LogP contribution in [0.25, 0.3) is 0 Å². The van der Waals surface area contributed by atoms with Crippen LogP contribution in [0.4, 0.5) is 0 Å². The molecule has 2 rings (SSSR count). The van der Waals surface area contributed by atoms with E-state index in [9.17, 15) is 4.79 Å². The lowest BCUT2D eigenvalue weighted by Gasteiger charge is -2.08. The summed E-state index contributed by atoms with van der Waals surface area (Å²) in [5, 5.41) is 0. The first-order valence-electron chi connectivity index (χ1n) is 4.95. The van der Waals surface area contributed by atoms with Crippen molar-refractivity contribution in [1.29, 1.82) is 0 Å². The number of rotatable bonds is 4. The second-order valence-electron chi connectivity index (χ2n) is 3.98. The summed E-state index contributed by atoms with van der Waals surface area (Å²) in [5.41, 5.74) is 1.40. The first-order chi connectivity index (χ1) is 6.81. The molecule has 0 unspecified atom stereocenters. The summed E-state index contributed by atoms with van der Waals surface area (Å²) >= 11 is 0. The summed E-state index contributed by atoms with van der Waals surface area (Å²) in [7, 11) is 1.79. The predicted molar refractivity (Wildman–Crippen MR) is 55.6 cm³/mol. The Morgan fingerprint density at radius 3 is 2.79 bits per heavy atom. The SMILES string of the molecule is CN([C]=O)C[C@@H]1C[C@H]1c1ccccc1. The van der Waals surface area contributed by atoms with Crippen LogP contribution < -0.4 is 0 Å². The van der Waals surface area contributed by atoms with Crippen molar-refractivity contribution in [3.05, 3.63) is 35.9 Å². The quantitative estimate of drug-likeness (QED) is 0.660. The molecule has 1 amide bonds. The maximum atomic E-state index is 10.3. The standard InChI is InChI=1S/C12H14NO/c1-13(9-14)8-11-7-12(11)10-5-3-2-4-6-10/h2-6,11-12H,7-8H2,1H3/t11-,12-/m0/s1. The normalized spacial score (nSPS) is 24.4. The molecule has 0 spiro atoms. The number of amides is 1. The lowest BCUT2D eigenvalue weighted by atomic mass is 10.1. The largest absolute Gasteiger partial charge is 0.337 e. The molecule has 1 saturated carbocycles. The van der Waals surface area contributed by atoms with Crippen molar-refractivity contribution >= 4 is 6.41 Å². The van der Waals surface area contributed by atoms with Crippen molar-refractivity contribution in [2.45, 2.75) is 12.3 Å². The molecule has 1 aliphatic carbocycles. The average molecular weight is 188 g/mol. The van der Waals surface area contributed by atoms with Gasteiger partial charge in [0.25, 0.3) is 0 Å². The molecule has 1 aromatic carbocycles. The maximum Gasteiger partial charge on any atom is 0.311 e. The molecule has 0 heterocycles. The van der Waals surface area contributed by atoms with Crippen LogP contribution in [-0.4, -0.2) is 24.9 Å². The van der Waals surface area contributed by atoms with Gasteiger partial charge in [-0.2, -0.15) is 0 Å². The molecule has 14 heavy (non-hydrogen) atoms. The van der Waals surface area contributed by atoms with Gasteiger partial charge in [-0.1, -0.05) is 30.3 Å². The Morgan fingerprint density at radius 2 is 2.14 bits per heavy atom. The average Bonchev–Trinajstić information content (AvgIpc) is 2.98. The topological polar surface area (TPSA) is 20.3 Å². The molecule has 0 aliphatic heterocycles. The van der Waals surface area contributed by atoms with Crippen molar-refractivity contribution in [3.8, 4) is 0 Å². The Hall–Kier alpha value is -1.31. The fraction of sp³-hybridized carbons (Fsp3) is 0.417. The highest BCUT2D eigenvalue weighted by Crippen LogP contribution is 2.47. The zero-order valence-electron chi connectivity index (χ0n) is 8.31. The van der Waals surface area contributed by atoms with Crippen molar-refractivity contribution < 1.29 is 4.79 Å². The second kappa shape index (κ2) is 3.82. The van der Waals surface area contributed by atoms with Crippen LogP contribution in [0.3, 0.4) is 0 Å². The first-order valence-corrected chi connectivity index (χ1v) is 4.95. The van der Waals surface area contributed by atoms with Crippen LogP contribution in [0.15, 0.2) is 30.3 Å². The van der Waals surface area contributed by atoms with Gasteiger partial charge in [-0.25, -0.2) is 0 Å². The highest BCUT2D eigenvalue weighted by atomic mass is 16.1. The van der Waals surface area contributed by atoms with E-state index in [1.165, 1.54) is 12.0 Å². The molecule has 1 radical (unpaired) electrons. The third-order valence-corrected chi connectivity index (χ3v) is 2.81. The van der Waals surface area contributed by atoms with Crippen molar-refractivity contribution in [2.75, 3.05) is 13.6 Å². The van der Waals surface area contributed by atoms with Crippen LogP contribution in [-0.2, 0) is 4.79 Å². The zero-order chi connectivity index (χ0) is 9.97. The summed E-state index contributed by atoms with van der Waals surface area (Å²) < 4.78 is 0. The van der Waals surface area contributed by atoms with E-state index < -0.39 is 0 Å². The molecule has 2 nitrogen and oxygen atoms in total. The molecular weight excluding hydrogens is 174 g/mol. The Balaban J connectivity index is 1.90. The minimum atomic E-state index is 0.642. The van der Waals surface area contributed by atoms with Crippen molar-refractivity contribution in [3.63, 3.8) is 0 Å². The van der Waals surface area contributed by atoms with Gasteiger partial charge in [0, 0.05) is 13.6 Å². The lowest BCUT2D eigenvalue weighted by Crippen LogP contribution is -2.18. The highest BCUT2D eigenvalue weighted by molar-refractivity contribution is 5.47. The predicted octanol–water partition coefficient (Wildman–Crippen LogP) is 1.79. The third-order valence-electron chi connectivity index (χ3n) is 2.81. The molecule has 1 fully saturated rings. The van der Waals surface area contributed by atoms with Crippen molar-refractivity contribution in [2.24, 2.45) is 5.92 Å². The maximum absolute atomic E-state index is 10.3. The second-order valence-corrected chi connectivity index (χ2v) is 3.98. The van der Waals surface area contributed by atoms with Gasteiger partial charge in [-0.05, 0) is 23.8 Å². The fourth-order valence-electron chi connectivity index (χ4n) is 1.95. The number of benzene rings is 1. The number of carbonyl (C=O) groups excluding carboxylic acids is 1. The Morgan fingerprint density at radius 1 is 1.43 bits per heavy atom. The minimum Gasteiger partial charge on any atom is -0.337 e. The van der Waals surface area contributed by atoms with E-state index >= 15 is 0 Å². The van der Waals surface area contributed by atoms with Crippen LogP contribution in [0, 0.1) is 5.92 Å². The summed E-state index contributed by atoms with van der Waals surface area (Å²) in [5.74, 6) is 1.30. The minimum absolute atomic E-state index is 0.642. The Kier molecular flexibility index (Phi) is 2.53. The summed E-state index contributed by atoms with van der Waals surface area (Å²) in [6.07, 6.45) is 3.10. The van der Waals surface area contributed by atoms with Gasteiger partial charge >= 0.3 is 6.41 Å².